The summed E-state index contributed by atoms with van der Waals surface area (Å²) in [5.74, 6) is -0.810. The maximum Gasteiger partial charge on any atom is 0.314 e. The lowest BCUT2D eigenvalue weighted by Gasteiger charge is -2.52. The molecule has 5 rings (SSSR count). The molecule has 10 unspecified atom stereocenters. The van der Waals surface area contributed by atoms with Crippen molar-refractivity contribution in [3.8, 4) is 0 Å². The molecule has 0 aromatic carbocycles. The van der Waals surface area contributed by atoms with Crippen molar-refractivity contribution in [1.29, 1.82) is 0 Å². The summed E-state index contributed by atoms with van der Waals surface area (Å²) in [6.45, 7) is 2.51. The highest BCUT2D eigenvalue weighted by atomic mass is 16.5. The summed E-state index contributed by atoms with van der Waals surface area (Å²) in [5, 5.41) is 11.0. The Morgan fingerprint density at radius 1 is 1.03 bits per heavy atom. The lowest BCUT2D eigenvalue weighted by molar-refractivity contribution is -0.159. The van der Waals surface area contributed by atoms with Crippen molar-refractivity contribution in [2.75, 3.05) is 20.8 Å². The molecule has 3 heterocycles. The van der Waals surface area contributed by atoms with Crippen LogP contribution in [0.2, 0.25) is 0 Å². The summed E-state index contributed by atoms with van der Waals surface area (Å²) in [7, 11) is 3.40. The predicted molar refractivity (Wildman–Crippen MR) is 121 cm³/mol. The average Bonchev–Trinajstić information content (AvgIpc) is 3.14. The molecule has 186 valence electrons. The van der Waals surface area contributed by atoms with Crippen LogP contribution >= 0.6 is 0 Å². The van der Waals surface area contributed by atoms with E-state index in [1.807, 2.05) is 0 Å². The molecule has 3 aliphatic heterocycles. The molecule has 2 saturated carbocycles. The van der Waals surface area contributed by atoms with E-state index in [1.165, 1.54) is 12.8 Å². The summed E-state index contributed by atoms with van der Waals surface area (Å²) in [6.07, 6.45) is 7.26. The number of rotatable bonds is 6. The van der Waals surface area contributed by atoms with Crippen LogP contribution in [0.1, 0.15) is 58.3 Å². The van der Waals surface area contributed by atoms with E-state index in [-0.39, 0.29) is 54.4 Å². The highest BCUT2D eigenvalue weighted by molar-refractivity contribution is 5.83. The predicted octanol–water partition coefficient (Wildman–Crippen LogP) is 0.725. The van der Waals surface area contributed by atoms with Crippen LogP contribution in [0.4, 0.5) is 0 Å². The Kier molecular flexibility index (Phi) is 6.96. The molecule has 2 aliphatic carbocycles. The standard InChI is InChI=1S/C24H40N4O5/c1-4-5-10-33-24(30)19-20-22(26-15-9-7-6-8-14(15)25-20)28-16-12-18(32-3)17(31-2)11-13(16)23(29)27-21(19)28/h13-22,25-26H,4-12H2,1-3H3,(H,27,29). The minimum atomic E-state index is -0.437. The smallest absolute Gasteiger partial charge is 0.314 e. The minimum Gasteiger partial charge on any atom is -0.465 e. The van der Waals surface area contributed by atoms with Crippen LogP contribution in [0.25, 0.3) is 0 Å². The fourth-order valence-corrected chi connectivity index (χ4v) is 7.06. The first kappa shape index (κ1) is 23.5. The Morgan fingerprint density at radius 2 is 1.73 bits per heavy atom. The second-order valence-corrected chi connectivity index (χ2v) is 10.4. The first-order valence-electron chi connectivity index (χ1n) is 12.9. The Balaban J connectivity index is 1.45. The number of hydrogen-bond acceptors (Lipinski definition) is 8. The van der Waals surface area contributed by atoms with Gasteiger partial charge in [-0.05, 0) is 32.1 Å². The van der Waals surface area contributed by atoms with Gasteiger partial charge in [-0.25, -0.2) is 0 Å². The summed E-state index contributed by atoms with van der Waals surface area (Å²) in [4.78, 5) is 29.0. The van der Waals surface area contributed by atoms with Crippen LogP contribution in [0, 0.1) is 11.8 Å². The molecule has 10 atom stereocenters. The largest absolute Gasteiger partial charge is 0.465 e. The van der Waals surface area contributed by atoms with E-state index in [0.29, 0.717) is 31.5 Å². The maximum absolute atomic E-state index is 13.4. The topological polar surface area (TPSA) is 101 Å². The van der Waals surface area contributed by atoms with Crippen molar-refractivity contribution < 1.29 is 23.8 Å². The molecule has 0 aromatic rings. The van der Waals surface area contributed by atoms with E-state index in [1.54, 1.807) is 14.2 Å². The zero-order valence-electron chi connectivity index (χ0n) is 20.1. The molecule has 5 fully saturated rings. The van der Waals surface area contributed by atoms with Crippen LogP contribution in [-0.2, 0) is 23.8 Å². The summed E-state index contributed by atoms with van der Waals surface area (Å²) < 4.78 is 17.2. The molecule has 5 aliphatic rings. The van der Waals surface area contributed by atoms with Crippen molar-refractivity contribution in [2.45, 2.75) is 107 Å². The van der Waals surface area contributed by atoms with E-state index in [2.05, 4.69) is 27.8 Å². The van der Waals surface area contributed by atoms with Crippen LogP contribution in [0.3, 0.4) is 0 Å². The fourth-order valence-electron chi connectivity index (χ4n) is 7.06. The third-order valence-corrected chi connectivity index (χ3v) is 8.74. The Morgan fingerprint density at radius 3 is 2.42 bits per heavy atom. The van der Waals surface area contributed by atoms with Gasteiger partial charge in [0.05, 0.1) is 43.1 Å². The molecule has 3 saturated heterocycles. The number of carbonyl (C=O) groups is 2. The quantitative estimate of drug-likeness (QED) is 0.391. The van der Waals surface area contributed by atoms with Gasteiger partial charge >= 0.3 is 5.97 Å². The molecule has 0 aromatic heterocycles. The monoisotopic (exact) mass is 464 g/mol. The summed E-state index contributed by atoms with van der Waals surface area (Å²) >= 11 is 0. The Hall–Kier alpha value is -1.26. The van der Waals surface area contributed by atoms with Crippen LogP contribution in [0.15, 0.2) is 0 Å². The van der Waals surface area contributed by atoms with E-state index >= 15 is 0 Å². The van der Waals surface area contributed by atoms with Gasteiger partial charge < -0.3 is 24.8 Å². The molecule has 0 radical (unpaired) electrons. The molecule has 3 N–H and O–H groups in total. The number of nitrogens with zero attached hydrogens (tertiary/aromatic N) is 1. The van der Waals surface area contributed by atoms with Crippen LogP contribution < -0.4 is 16.0 Å². The fraction of sp³-hybridized carbons (Fsp3) is 0.917. The van der Waals surface area contributed by atoms with E-state index < -0.39 is 5.92 Å². The Labute approximate surface area is 196 Å². The molecule has 33 heavy (non-hydrogen) atoms. The second-order valence-electron chi connectivity index (χ2n) is 10.4. The van der Waals surface area contributed by atoms with Gasteiger partial charge in [0.15, 0.2) is 0 Å². The van der Waals surface area contributed by atoms with Gasteiger partial charge in [-0.3, -0.25) is 19.8 Å². The third-order valence-electron chi connectivity index (χ3n) is 8.74. The van der Waals surface area contributed by atoms with Crippen LogP contribution in [-0.4, -0.2) is 86.3 Å². The van der Waals surface area contributed by atoms with Crippen molar-refractivity contribution in [1.82, 2.24) is 20.9 Å². The van der Waals surface area contributed by atoms with E-state index in [4.69, 9.17) is 14.2 Å². The van der Waals surface area contributed by atoms with Gasteiger partial charge in [0.25, 0.3) is 0 Å². The normalized spacial score (nSPS) is 44.8. The van der Waals surface area contributed by atoms with Gasteiger partial charge in [-0.15, -0.1) is 0 Å². The number of piperazine rings is 1. The molecule has 9 heteroatoms. The van der Waals surface area contributed by atoms with Gasteiger partial charge in [0, 0.05) is 32.3 Å². The highest BCUT2D eigenvalue weighted by Crippen LogP contribution is 2.44. The lowest BCUT2D eigenvalue weighted by atomic mass is 9.77. The molecule has 9 nitrogen and oxygen atoms in total. The van der Waals surface area contributed by atoms with Crippen molar-refractivity contribution in [3.63, 3.8) is 0 Å². The number of carbonyl (C=O) groups excluding carboxylic acids is 2. The number of fused-ring (bicyclic) bond motifs is 6. The number of ether oxygens (including phenoxy) is 3. The highest BCUT2D eigenvalue weighted by Gasteiger charge is 2.63. The zero-order valence-corrected chi connectivity index (χ0v) is 20.1. The van der Waals surface area contributed by atoms with E-state index in [9.17, 15) is 9.59 Å². The van der Waals surface area contributed by atoms with Gasteiger partial charge in [0.2, 0.25) is 5.91 Å². The third kappa shape index (κ3) is 4.10. The Bertz CT molecular complexity index is 738. The first-order valence-corrected chi connectivity index (χ1v) is 12.9. The molecule has 1 amide bonds. The second kappa shape index (κ2) is 9.77. The number of amides is 1. The number of hydrogen-bond donors (Lipinski definition) is 3. The van der Waals surface area contributed by atoms with E-state index in [0.717, 1.165) is 25.7 Å². The summed E-state index contributed by atoms with van der Waals surface area (Å²) in [5.41, 5.74) is 0. The summed E-state index contributed by atoms with van der Waals surface area (Å²) in [6, 6.07) is 0.647. The number of esters is 1. The van der Waals surface area contributed by atoms with Crippen molar-refractivity contribution in [2.24, 2.45) is 11.8 Å². The van der Waals surface area contributed by atoms with Crippen molar-refractivity contribution in [3.05, 3.63) is 0 Å². The molecule has 0 bridgehead atoms. The van der Waals surface area contributed by atoms with Gasteiger partial charge in [-0.2, -0.15) is 0 Å². The van der Waals surface area contributed by atoms with Crippen LogP contribution in [0.5, 0.6) is 0 Å². The number of methoxy groups -OCH3 is 2. The molecular weight excluding hydrogens is 424 g/mol. The SMILES string of the molecule is CCCCOC(=O)C1C2NC3CCCCC3NC2N2C3CC(OC)C(OC)CC3C(=O)NC12. The van der Waals surface area contributed by atoms with Gasteiger partial charge in [0.1, 0.15) is 5.92 Å². The average molecular weight is 465 g/mol. The van der Waals surface area contributed by atoms with Gasteiger partial charge in [-0.1, -0.05) is 26.2 Å². The minimum absolute atomic E-state index is 0.00418. The molecule has 0 spiro atoms. The number of unbranched alkanes of at least 4 members (excludes halogenated alkanes) is 1. The number of nitrogens with one attached hydrogen (secondary N) is 3. The zero-order chi connectivity index (χ0) is 23.1. The van der Waals surface area contributed by atoms with Crippen molar-refractivity contribution >= 4 is 11.9 Å². The maximum atomic E-state index is 13.4. The molecular formula is C24H40N4O5. The first-order chi connectivity index (χ1) is 16.1. The lowest BCUT2D eigenvalue weighted by Crippen LogP contribution is -2.72.